The number of nitrogens with two attached hydrogens (primary N) is 1. The zero-order valence-electron chi connectivity index (χ0n) is 9.11. The number of benzene rings is 1. The van der Waals surface area contributed by atoms with E-state index in [0.29, 0.717) is 5.02 Å². The van der Waals surface area contributed by atoms with Gasteiger partial charge >= 0.3 is 0 Å². The molecule has 1 aromatic heterocycles. The van der Waals surface area contributed by atoms with E-state index in [1.165, 1.54) is 4.68 Å². The van der Waals surface area contributed by atoms with Crippen molar-refractivity contribution in [2.75, 3.05) is 0 Å². The quantitative estimate of drug-likeness (QED) is 0.809. The Labute approximate surface area is 103 Å². The van der Waals surface area contributed by atoms with Crippen molar-refractivity contribution in [1.29, 1.82) is 0 Å². The second-order valence-corrected chi connectivity index (χ2v) is 4.70. The van der Waals surface area contributed by atoms with E-state index in [1.807, 2.05) is 0 Å². The maximum absolute atomic E-state index is 12.1. The number of aromatic nitrogens is 2. The van der Waals surface area contributed by atoms with Gasteiger partial charge in [0.2, 0.25) is 0 Å². The molecule has 0 radical (unpaired) electrons. The normalized spacial score (nSPS) is 18.4. The number of fused-ring (bicyclic) bond motifs is 1. The first-order valence-electron chi connectivity index (χ1n) is 5.52. The molecule has 0 amide bonds. The molecule has 4 nitrogen and oxygen atoms in total. The molecule has 3 N–H and O–H groups in total. The molecule has 3 rings (SSSR count). The monoisotopic (exact) mass is 249 g/mol. The molecule has 1 aliphatic carbocycles. The fraction of sp³-hybridized carbons (Fsp3) is 0.250. The van der Waals surface area contributed by atoms with E-state index in [-0.39, 0.29) is 11.6 Å². The molecular weight excluding hydrogens is 238 g/mol. The molecule has 1 aromatic carbocycles. The van der Waals surface area contributed by atoms with Gasteiger partial charge in [-0.2, -0.15) is 0 Å². The van der Waals surface area contributed by atoms with Gasteiger partial charge in [-0.1, -0.05) is 11.6 Å². The van der Waals surface area contributed by atoms with Crippen molar-refractivity contribution < 1.29 is 0 Å². The second-order valence-electron chi connectivity index (χ2n) is 4.27. The van der Waals surface area contributed by atoms with E-state index in [2.05, 4.69) is 5.10 Å². The lowest BCUT2D eigenvalue weighted by Gasteiger charge is -2.04. The van der Waals surface area contributed by atoms with Crippen LogP contribution in [0.3, 0.4) is 0 Å². The number of nitrogens with zero attached hydrogens (tertiary/aromatic N) is 1. The van der Waals surface area contributed by atoms with Crippen LogP contribution in [0.15, 0.2) is 29.1 Å². The predicted octanol–water partition coefficient (Wildman–Crippen LogP) is 1.76. The molecule has 0 bridgehead atoms. The van der Waals surface area contributed by atoms with Crippen molar-refractivity contribution in [3.63, 3.8) is 0 Å². The van der Waals surface area contributed by atoms with Gasteiger partial charge in [0.1, 0.15) is 0 Å². The summed E-state index contributed by atoms with van der Waals surface area (Å²) in [7, 11) is 0. The van der Waals surface area contributed by atoms with E-state index in [1.54, 1.807) is 24.3 Å². The van der Waals surface area contributed by atoms with Gasteiger partial charge in [0, 0.05) is 16.6 Å². The molecule has 1 heterocycles. The molecule has 1 unspecified atom stereocenters. The number of nitrogens with one attached hydrogen (secondary N) is 1. The first kappa shape index (κ1) is 10.6. The smallest absolute Gasteiger partial charge is 0.274 e. The van der Waals surface area contributed by atoms with Crippen molar-refractivity contribution in [1.82, 2.24) is 9.78 Å². The standard InChI is InChI=1S/C12H12ClN3O/c13-7-1-3-8(4-2-7)16-12(17)9-5-6-10(14)11(9)15-16/h1-4,10,15H,5-6,14H2. The highest BCUT2D eigenvalue weighted by Gasteiger charge is 2.25. The van der Waals surface area contributed by atoms with Crippen LogP contribution in [0.1, 0.15) is 23.7 Å². The summed E-state index contributed by atoms with van der Waals surface area (Å²) in [5.41, 5.74) is 8.38. The lowest BCUT2D eigenvalue weighted by Crippen LogP contribution is -2.17. The number of hydrogen-bond acceptors (Lipinski definition) is 2. The van der Waals surface area contributed by atoms with E-state index >= 15 is 0 Å². The number of rotatable bonds is 1. The highest BCUT2D eigenvalue weighted by Crippen LogP contribution is 2.25. The van der Waals surface area contributed by atoms with Crippen LogP contribution in [-0.4, -0.2) is 9.78 Å². The number of hydrogen-bond donors (Lipinski definition) is 2. The largest absolute Gasteiger partial charge is 0.323 e. The van der Waals surface area contributed by atoms with Gasteiger partial charge in [-0.15, -0.1) is 0 Å². The fourth-order valence-electron chi connectivity index (χ4n) is 2.25. The average Bonchev–Trinajstić information content (AvgIpc) is 2.83. The molecule has 17 heavy (non-hydrogen) atoms. The SMILES string of the molecule is NC1CCc2c1[nH]n(-c1ccc(Cl)cc1)c2=O. The topological polar surface area (TPSA) is 63.8 Å². The highest BCUT2D eigenvalue weighted by molar-refractivity contribution is 6.30. The molecule has 0 saturated heterocycles. The molecular formula is C12H12ClN3O. The second kappa shape index (κ2) is 3.75. The molecule has 0 spiro atoms. The van der Waals surface area contributed by atoms with Gasteiger partial charge < -0.3 is 5.73 Å². The Kier molecular flexibility index (Phi) is 2.34. The van der Waals surface area contributed by atoms with Crippen molar-refractivity contribution in [3.8, 4) is 5.69 Å². The highest BCUT2D eigenvalue weighted by atomic mass is 35.5. The third-order valence-corrected chi connectivity index (χ3v) is 3.43. The molecule has 0 saturated carbocycles. The Morgan fingerprint density at radius 2 is 2.06 bits per heavy atom. The summed E-state index contributed by atoms with van der Waals surface area (Å²) >= 11 is 5.82. The molecule has 1 atom stereocenters. The van der Waals surface area contributed by atoms with Crippen molar-refractivity contribution >= 4 is 11.6 Å². The van der Waals surface area contributed by atoms with Crippen LogP contribution in [0, 0.1) is 0 Å². The Morgan fingerprint density at radius 1 is 1.35 bits per heavy atom. The van der Waals surface area contributed by atoms with E-state index in [0.717, 1.165) is 29.8 Å². The third-order valence-electron chi connectivity index (χ3n) is 3.18. The summed E-state index contributed by atoms with van der Waals surface area (Å²) in [5, 5.41) is 3.73. The summed E-state index contributed by atoms with van der Waals surface area (Å²) in [5.74, 6) is 0. The maximum atomic E-state index is 12.1. The lowest BCUT2D eigenvalue weighted by atomic mass is 10.3. The van der Waals surface area contributed by atoms with Crippen LogP contribution in [-0.2, 0) is 6.42 Å². The Bertz CT molecular complexity index is 612. The minimum Gasteiger partial charge on any atom is -0.323 e. The zero-order chi connectivity index (χ0) is 12.0. The maximum Gasteiger partial charge on any atom is 0.274 e. The van der Waals surface area contributed by atoms with Crippen molar-refractivity contribution in [3.05, 3.63) is 50.9 Å². The minimum absolute atomic E-state index is 0.00438. The first-order valence-corrected chi connectivity index (χ1v) is 5.90. The van der Waals surface area contributed by atoms with Crippen LogP contribution in [0.25, 0.3) is 5.69 Å². The van der Waals surface area contributed by atoms with Crippen LogP contribution >= 0.6 is 11.6 Å². The van der Waals surface area contributed by atoms with E-state index in [4.69, 9.17) is 17.3 Å². The van der Waals surface area contributed by atoms with Crippen LogP contribution < -0.4 is 11.3 Å². The Balaban J connectivity index is 2.14. The molecule has 88 valence electrons. The first-order chi connectivity index (χ1) is 8.16. The third kappa shape index (κ3) is 1.61. The van der Waals surface area contributed by atoms with Crippen LogP contribution in [0.4, 0.5) is 0 Å². The summed E-state index contributed by atoms with van der Waals surface area (Å²) in [6, 6.07) is 7.08. The van der Waals surface area contributed by atoms with Gasteiger partial charge in [-0.3, -0.25) is 9.89 Å². The van der Waals surface area contributed by atoms with E-state index in [9.17, 15) is 4.79 Å². The Hall–Kier alpha value is -1.52. The number of halogens is 1. The average molecular weight is 250 g/mol. The van der Waals surface area contributed by atoms with Crippen LogP contribution in [0.5, 0.6) is 0 Å². The van der Waals surface area contributed by atoms with Gasteiger partial charge in [0.25, 0.3) is 5.56 Å². The fourth-order valence-corrected chi connectivity index (χ4v) is 2.38. The summed E-state index contributed by atoms with van der Waals surface area (Å²) in [4.78, 5) is 12.1. The van der Waals surface area contributed by atoms with Gasteiger partial charge in [-0.05, 0) is 37.1 Å². The summed E-state index contributed by atoms with van der Waals surface area (Å²) in [6.45, 7) is 0. The molecule has 0 fully saturated rings. The van der Waals surface area contributed by atoms with Gasteiger partial charge in [-0.25, -0.2) is 4.68 Å². The van der Waals surface area contributed by atoms with Crippen LogP contribution in [0.2, 0.25) is 5.02 Å². The number of H-pyrrole nitrogens is 1. The Morgan fingerprint density at radius 3 is 2.71 bits per heavy atom. The van der Waals surface area contributed by atoms with Gasteiger partial charge in [0.15, 0.2) is 0 Å². The molecule has 0 aliphatic heterocycles. The number of aromatic amines is 1. The van der Waals surface area contributed by atoms with Crippen molar-refractivity contribution in [2.45, 2.75) is 18.9 Å². The summed E-state index contributed by atoms with van der Waals surface area (Å²) in [6.07, 6.45) is 1.60. The molecule has 2 aromatic rings. The van der Waals surface area contributed by atoms with Crippen molar-refractivity contribution in [2.24, 2.45) is 5.73 Å². The van der Waals surface area contributed by atoms with Gasteiger partial charge in [0.05, 0.1) is 11.4 Å². The predicted molar refractivity (Wildman–Crippen MR) is 66.6 cm³/mol. The minimum atomic E-state index is -0.0498. The summed E-state index contributed by atoms with van der Waals surface area (Å²) < 4.78 is 1.53. The zero-order valence-corrected chi connectivity index (χ0v) is 9.87. The van der Waals surface area contributed by atoms with E-state index < -0.39 is 0 Å². The molecule has 1 aliphatic rings. The lowest BCUT2D eigenvalue weighted by molar-refractivity contribution is 0.664. The molecule has 5 heteroatoms.